The molecule has 0 aliphatic carbocycles. The number of carbonyl (C=O) groups is 1. The third-order valence-corrected chi connectivity index (χ3v) is 4.49. The zero-order valence-corrected chi connectivity index (χ0v) is 12.5. The van der Waals surface area contributed by atoms with E-state index in [4.69, 9.17) is 5.11 Å². The van der Waals surface area contributed by atoms with Gasteiger partial charge in [0, 0.05) is 5.54 Å². The predicted octanol–water partition coefficient (Wildman–Crippen LogP) is 1.95. The number of hydrogen-bond donors (Lipinski definition) is 3. The van der Waals surface area contributed by atoms with Crippen molar-refractivity contribution in [3.05, 3.63) is 23.8 Å². The van der Waals surface area contributed by atoms with Crippen LogP contribution in [0, 0.1) is 0 Å². The number of benzene rings is 1. The van der Waals surface area contributed by atoms with Crippen molar-refractivity contribution in [2.24, 2.45) is 0 Å². The molecule has 1 aromatic rings. The number of phenols is 1. The van der Waals surface area contributed by atoms with Crippen LogP contribution in [0.15, 0.2) is 23.1 Å². The maximum atomic E-state index is 12.2. The fourth-order valence-electron chi connectivity index (χ4n) is 1.95. The standard InChI is InChI=1S/C13H19NO5S/c1-4-7-13(2,3)14-20(18,19)9-5-6-11(15)10(8-9)12(16)17/h5-6,8,14-15H,4,7H2,1-3H3,(H,16,17). The molecule has 0 aromatic heterocycles. The zero-order chi connectivity index (χ0) is 15.6. The van der Waals surface area contributed by atoms with E-state index in [1.54, 1.807) is 13.8 Å². The van der Waals surface area contributed by atoms with Gasteiger partial charge in [0.05, 0.1) is 4.90 Å². The summed E-state index contributed by atoms with van der Waals surface area (Å²) in [5.74, 6) is -1.85. The molecule has 0 saturated heterocycles. The maximum Gasteiger partial charge on any atom is 0.339 e. The fraction of sp³-hybridized carbons (Fsp3) is 0.462. The average molecular weight is 301 g/mol. The molecule has 3 N–H and O–H groups in total. The highest BCUT2D eigenvalue weighted by molar-refractivity contribution is 7.89. The van der Waals surface area contributed by atoms with Crippen molar-refractivity contribution in [3.8, 4) is 5.75 Å². The van der Waals surface area contributed by atoms with Crippen LogP contribution in [-0.2, 0) is 10.0 Å². The zero-order valence-electron chi connectivity index (χ0n) is 11.7. The van der Waals surface area contributed by atoms with E-state index in [0.717, 1.165) is 18.6 Å². The first-order valence-corrected chi connectivity index (χ1v) is 7.67. The van der Waals surface area contributed by atoms with Crippen LogP contribution >= 0.6 is 0 Å². The van der Waals surface area contributed by atoms with Gasteiger partial charge in [-0.25, -0.2) is 17.9 Å². The van der Waals surface area contributed by atoms with E-state index in [0.29, 0.717) is 6.42 Å². The highest BCUT2D eigenvalue weighted by Crippen LogP contribution is 2.23. The Morgan fingerprint density at radius 2 is 1.95 bits per heavy atom. The number of aromatic carboxylic acids is 1. The molecule has 0 heterocycles. The molecule has 112 valence electrons. The molecule has 0 fully saturated rings. The van der Waals surface area contributed by atoms with Crippen LogP contribution in [0.2, 0.25) is 0 Å². The number of nitrogens with one attached hydrogen (secondary N) is 1. The number of aromatic hydroxyl groups is 1. The van der Waals surface area contributed by atoms with Gasteiger partial charge in [-0.05, 0) is 38.5 Å². The van der Waals surface area contributed by atoms with Gasteiger partial charge in [0.15, 0.2) is 0 Å². The van der Waals surface area contributed by atoms with Crippen LogP contribution in [0.25, 0.3) is 0 Å². The van der Waals surface area contributed by atoms with Gasteiger partial charge in [0.1, 0.15) is 11.3 Å². The SMILES string of the molecule is CCCC(C)(C)NS(=O)(=O)c1ccc(O)c(C(=O)O)c1. The first-order valence-electron chi connectivity index (χ1n) is 6.19. The monoisotopic (exact) mass is 301 g/mol. The summed E-state index contributed by atoms with van der Waals surface area (Å²) in [5, 5.41) is 18.3. The lowest BCUT2D eigenvalue weighted by molar-refractivity contribution is 0.0693. The molecule has 0 aliphatic rings. The lowest BCUT2D eigenvalue weighted by atomic mass is 10.0. The van der Waals surface area contributed by atoms with Crippen molar-refractivity contribution in [1.82, 2.24) is 4.72 Å². The summed E-state index contributed by atoms with van der Waals surface area (Å²) in [5.41, 5.74) is -1.07. The Morgan fingerprint density at radius 3 is 2.45 bits per heavy atom. The number of carboxylic acids is 1. The number of sulfonamides is 1. The van der Waals surface area contributed by atoms with Crippen molar-refractivity contribution in [3.63, 3.8) is 0 Å². The van der Waals surface area contributed by atoms with Crippen LogP contribution in [0.1, 0.15) is 44.0 Å². The van der Waals surface area contributed by atoms with E-state index in [1.165, 1.54) is 6.07 Å². The molecule has 0 saturated carbocycles. The molecule has 0 unspecified atom stereocenters. The average Bonchev–Trinajstić information content (AvgIpc) is 2.26. The Bertz CT molecular complexity index is 607. The highest BCUT2D eigenvalue weighted by atomic mass is 32.2. The summed E-state index contributed by atoms with van der Waals surface area (Å²) in [6.07, 6.45) is 1.46. The molecule has 1 aromatic carbocycles. The highest BCUT2D eigenvalue weighted by Gasteiger charge is 2.26. The van der Waals surface area contributed by atoms with Crippen molar-refractivity contribution < 1.29 is 23.4 Å². The minimum absolute atomic E-state index is 0.183. The summed E-state index contributed by atoms with van der Waals surface area (Å²) >= 11 is 0. The second kappa shape index (κ2) is 5.80. The Morgan fingerprint density at radius 1 is 1.35 bits per heavy atom. The summed E-state index contributed by atoms with van der Waals surface area (Å²) in [7, 11) is -3.84. The van der Waals surface area contributed by atoms with Crippen molar-refractivity contribution in [2.75, 3.05) is 0 Å². The number of rotatable bonds is 6. The molecule has 0 radical (unpaired) electrons. The topological polar surface area (TPSA) is 104 Å². The molecule has 0 bridgehead atoms. The minimum Gasteiger partial charge on any atom is -0.507 e. The van der Waals surface area contributed by atoms with Gasteiger partial charge in [-0.2, -0.15) is 0 Å². The van der Waals surface area contributed by atoms with Gasteiger partial charge in [0.2, 0.25) is 10.0 Å². The molecule has 1 rings (SSSR count). The van der Waals surface area contributed by atoms with Crippen LogP contribution in [-0.4, -0.2) is 30.1 Å². The van der Waals surface area contributed by atoms with E-state index in [9.17, 15) is 18.3 Å². The quantitative estimate of drug-likeness (QED) is 0.745. The normalized spacial score (nSPS) is 12.3. The van der Waals surface area contributed by atoms with Crippen LogP contribution in [0.4, 0.5) is 0 Å². The van der Waals surface area contributed by atoms with Gasteiger partial charge in [0.25, 0.3) is 0 Å². The van der Waals surface area contributed by atoms with Crippen molar-refractivity contribution in [1.29, 1.82) is 0 Å². The summed E-state index contributed by atoms with van der Waals surface area (Å²) in [6, 6.07) is 3.18. The molecule has 0 amide bonds. The molecular weight excluding hydrogens is 282 g/mol. The van der Waals surface area contributed by atoms with Gasteiger partial charge in [-0.3, -0.25) is 0 Å². The summed E-state index contributed by atoms with van der Waals surface area (Å²) < 4.78 is 27.0. The Labute approximate surface area is 118 Å². The molecule has 0 atom stereocenters. The Hall–Kier alpha value is -1.60. The Kier molecular flexibility index (Phi) is 4.77. The molecule has 0 spiro atoms. The first kappa shape index (κ1) is 16.5. The van der Waals surface area contributed by atoms with Gasteiger partial charge in [-0.15, -0.1) is 0 Å². The van der Waals surface area contributed by atoms with Crippen LogP contribution in [0.3, 0.4) is 0 Å². The number of carboxylic acid groups (broad SMARTS) is 1. The van der Waals surface area contributed by atoms with Gasteiger partial charge in [-0.1, -0.05) is 13.3 Å². The van der Waals surface area contributed by atoms with E-state index in [-0.39, 0.29) is 4.90 Å². The fourth-order valence-corrected chi connectivity index (χ4v) is 3.42. The number of hydrogen-bond acceptors (Lipinski definition) is 4. The maximum absolute atomic E-state index is 12.2. The minimum atomic E-state index is -3.84. The third-order valence-electron chi connectivity index (χ3n) is 2.79. The molecular formula is C13H19NO5S. The van der Waals surface area contributed by atoms with Crippen LogP contribution in [0.5, 0.6) is 5.75 Å². The third kappa shape index (κ3) is 3.94. The van der Waals surface area contributed by atoms with E-state index < -0.39 is 32.8 Å². The molecule has 6 nitrogen and oxygen atoms in total. The van der Waals surface area contributed by atoms with Gasteiger partial charge >= 0.3 is 5.97 Å². The van der Waals surface area contributed by atoms with E-state index in [2.05, 4.69) is 4.72 Å². The van der Waals surface area contributed by atoms with Crippen molar-refractivity contribution >= 4 is 16.0 Å². The second-order valence-electron chi connectivity index (χ2n) is 5.22. The molecule has 7 heteroatoms. The predicted molar refractivity (Wildman–Crippen MR) is 74.4 cm³/mol. The molecule has 20 heavy (non-hydrogen) atoms. The summed E-state index contributed by atoms with van der Waals surface area (Å²) in [6.45, 7) is 5.46. The first-order chi connectivity index (χ1) is 9.09. The van der Waals surface area contributed by atoms with Crippen LogP contribution < -0.4 is 4.72 Å². The Balaban J connectivity index is 3.17. The second-order valence-corrected chi connectivity index (χ2v) is 6.91. The smallest absolute Gasteiger partial charge is 0.339 e. The lowest BCUT2D eigenvalue weighted by Gasteiger charge is -2.25. The van der Waals surface area contributed by atoms with E-state index in [1.807, 2.05) is 6.92 Å². The summed E-state index contributed by atoms with van der Waals surface area (Å²) in [4.78, 5) is 10.7. The largest absolute Gasteiger partial charge is 0.507 e. The van der Waals surface area contributed by atoms with Gasteiger partial charge < -0.3 is 10.2 Å². The van der Waals surface area contributed by atoms with Crippen molar-refractivity contribution in [2.45, 2.75) is 44.0 Å². The van der Waals surface area contributed by atoms with E-state index >= 15 is 0 Å². The lowest BCUT2D eigenvalue weighted by Crippen LogP contribution is -2.43. The molecule has 0 aliphatic heterocycles.